The van der Waals surface area contributed by atoms with E-state index in [1.54, 1.807) is 0 Å². The van der Waals surface area contributed by atoms with Gasteiger partial charge in [0.25, 0.3) is 0 Å². The average molecular weight is 300 g/mol. The lowest BCUT2D eigenvalue weighted by Crippen LogP contribution is -2.22. The van der Waals surface area contributed by atoms with Crippen LogP contribution >= 0.6 is 11.6 Å². The first-order valence-electron chi connectivity index (χ1n) is 6.12. The molecule has 0 aliphatic heterocycles. The fraction of sp³-hybridized carbons (Fsp3) is 0.286. The first-order chi connectivity index (χ1) is 9.49. The van der Waals surface area contributed by atoms with Crippen molar-refractivity contribution in [2.45, 2.75) is 19.3 Å². The molecule has 1 aromatic rings. The molecule has 2 N–H and O–H groups in total. The van der Waals surface area contributed by atoms with Crippen LogP contribution in [0.5, 0.6) is 0 Å². The van der Waals surface area contributed by atoms with E-state index in [2.05, 4.69) is 5.32 Å². The molecule has 1 rings (SSSR count). The van der Waals surface area contributed by atoms with Crippen LogP contribution in [0.25, 0.3) is 6.08 Å². The van der Waals surface area contributed by atoms with E-state index in [-0.39, 0.29) is 17.4 Å². The van der Waals surface area contributed by atoms with Gasteiger partial charge >= 0.3 is 5.97 Å². The molecule has 0 radical (unpaired) electrons. The van der Waals surface area contributed by atoms with E-state index in [0.717, 1.165) is 0 Å². The van der Waals surface area contributed by atoms with Crippen LogP contribution in [0.1, 0.15) is 24.8 Å². The predicted molar refractivity (Wildman–Crippen MR) is 74.9 cm³/mol. The van der Waals surface area contributed by atoms with Gasteiger partial charge < -0.3 is 10.4 Å². The van der Waals surface area contributed by atoms with Gasteiger partial charge in [-0.1, -0.05) is 17.7 Å². The lowest BCUT2D eigenvalue weighted by Gasteiger charge is -2.01. The smallest absolute Gasteiger partial charge is 0.303 e. The van der Waals surface area contributed by atoms with Gasteiger partial charge in [-0.2, -0.15) is 0 Å². The van der Waals surface area contributed by atoms with Gasteiger partial charge in [-0.3, -0.25) is 9.59 Å². The fourth-order valence-electron chi connectivity index (χ4n) is 1.46. The Hall–Kier alpha value is -1.88. The number of hydrogen-bond acceptors (Lipinski definition) is 2. The van der Waals surface area contributed by atoms with E-state index < -0.39 is 11.8 Å². The van der Waals surface area contributed by atoms with Crippen molar-refractivity contribution in [2.24, 2.45) is 0 Å². The van der Waals surface area contributed by atoms with Gasteiger partial charge in [0.2, 0.25) is 5.91 Å². The quantitative estimate of drug-likeness (QED) is 0.601. The van der Waals surface area contributed by atoms with Crippen LogP contribution in [0.4, 0.5) is 4.39 Å². The third kappa shape index (κ3) is 6.33. The molecule has 0 spiro atoms. The van der Waals surface area contributed by atoms with Gasteiger partial charge in [-0.05, 0) is 36.6 Å². The highest BCUT2D eigenvalue weighted by Gasteiger charge is 2.00. The van der Waals surface area contributed by atoms with Crippen molar-refractivity contribution in [3.8, 4) is 0 Å². The maximum Gasteiger partial charge on any atom is 0.303 e. The highest BCUT2D eigenvalue weighted by molar-refractivity contribution is 6.30. The average Bonchev–Trinajstić information content (AvgIpc) is 2.39. The fourth-order valence-corrected chi connectivity index (χ4v) is 1.65. The number of carbonyl (C=O) groups is 2. The molecule has 0 bridgehead atoms. The van der Waals surface area contributed by atoms with Crippen molar-refractivity contribution in [2.75, 3.05) is 6.54 Å². The van der Waals surface area contributed by atoms with Crippen molar-refractivity contribution >= 4 is 29.6 Å². The SMILES string of the molecule is O=C(O)CCCCNC(=O)C=Cc1ccc(F)c(Cl)c1. The Bertz CT molecular complexity index is 517. The number of carboxylic acid groups (broad SMARTS) is 1. The van der Waals surface area contributed by atoms with Crippen LogP contribution < -0.4 is 5.32 Å². The number of benzene rings is 1. The molecular weight excluding hydrogens is 285 g/mol. The van der Waals surface area contributed by atoms with Gasteiger partial charge in [0, 0.05) is 19.0 Å². The summed E-state index contributed by atoms with van der Waals surface area (Å²) in [5.74, 6) is -1.64. The number of carboxylic acids is 1. The number of aliphatic carboxylic acids is 1. The number of nitrogens with one attached hydrogen (secondary N) is 1. The minimum absolute atomic E-state index is 0.00114. The molecule has 6 heteroatoms. The molecule has 0 saturated carbocycles. The number of rotatable bonds is 7. The Labute approximate surface area is 121 Å². The van der Waals surface area contributed by atoms with Crippen LogP contribution in [-0.2, 0) is 9.59 Å². The summed E-state index contributed by atoms with van der Waals surface area (Å²) in [5.41, 5.74) is 0.623. The number of amides is 1. The molecular formula is C14H15ClFNO3. The van der Waals surface area contributed by atoms with Gasteiger partial charge in [-0.25, -0.2) is 4.39 Å². The second kappa shape index (κ2) is 8.32. The third-order valence-electron chi connectivity index (χ3n) is 2.49. The van der Waals surface area contributed by atoms with Crippen molar-refractivity contribution < 1.29 is 19.1 Å². The van der Waals surface area contributed by atoms with E-state index in [0.29, 0.717) is 24.9 Å². The summed E-state index contributed by atoms with van der Waals surface area (Å²) in [6, 6.07) is 4.16. The van der Waals surface area contributed by atoms with Crippen LogP contribution in [0, 0.1) is 5.82 Å². The minimum Gasteiger partial charge on any atom is -0.481 e. The lowest BCUT2D eigenvalue weighted by atomic mass is 10.2. The topological polar surface area (TPSA) is 66.4 Å². The van der Waals surface area contributed by atoms with E-state index in [1.165, 1.54) is 30.4 Å². The molecule has 0 heterocycles. The summed E-state index contributed by atoms with van der Waals surface area (Å²) in [6.45, 7) is 0.417. The molecule has 0 aromatic heterocycles. The van der Waals surface area contributed by atoms with Crippen molar-refractivity contribution in [1.82, 2.24) is 5.32 Å². The first-order valence-corrected chi connectivity index (χ1v) is 6.49. The summed E-state index contributed by atoms with van der Waals surface area (Å²) in [6.07, 6.45) is 4.07. The number of hydrogen-bond donors (Lipinski definition) is 2. The van der Waals surface area contributed by atoms with Crippen LogP contribution in [0.2, 0.25) is 5.02 Å². The maximum absolute atomic E-state index is 12.9. The summed E-state index contributed by atoms with van der Waals surface area (Å²) >= 11 is 5.62. The molecule has 0 saturated heterocycles. The molecule has 0 aliphatic carbocycles. The van der Waals surface area contributed by atoms with Crippen molar-refractivity contribution in [3.63, 3.8) is 0 Å². The molecule has 1 amide bonds. The van der Waals surface area contributed by atoms with Gasteiger partial charge in [0.05, 0.1) is 5.02 Å². The van der Waals surface area contributed by atoms with E-state index >= 15 is 0 Å². The van der Waals surface area contributed by atoms with E-state index in [9.17, 15) is 14.0 Å². The zero-order valence-electron chi connectivity index (χ0n) is 10.7. The maximum atomic E-state index is 12.9. The highest BCUT2D eigenvalue weighted by atomic mass is 35.5. The standard InChI is InChI=1S/C14H15ClFNO3/c15-11-9-10(4-6-12(11)16)5-7-13(18)17-8-2-1-3-14(19)20/h4-7,9H,1-3,8H2,(H,17,18)(H,19,20). The Morgan fingerprint density at radius 3 is 2.75 bits per heavy atom. The Kier molecular flexibility index (Phi) is 6.73. The second-order valence-electron chi connectivity index (χ2n) is 4.15. The highest BCUT2D eigenvalue weighted by Crippen LogP contribution is 2.16. The summed E-state index contributed by atoms with van der Waals surface area (Å²) < 4.78 is 12.9. The lowest BCUT2D eigenvalue weighted by molar-refractivity contribution is -0.137. The number of unbranched alkanes of at least 4 members (excludes halogenated alkanes) is 1. The molecule has 0 atom stereocenters. The summed E-state index contributed by atoms with van der Waals surface area (Å²) in [4.78, 5) is 21.7. The molecule has 0 unspecified atom stereocenters. The summed E-state index contributed by atoms with van der Waals surface area (Å²) in [5, 5.41) is 11.1. The van der Waals surface area contributed by atoms with Gasteiger partial charge in [-0.15, -0.1) is 0 Å². The van der Waals surface area contributed by atoms with Crippen molar-refractivity contribution in [1.29, 1.82) is 0 Å². The van der Waals surface area contributed by atoms with Crippen LogP contribution in [-0.4, -0.2) is 23.5 Å². The van der Waals surface area contributed by atoms with E-state index in [4.69, 9.17) is 16.7 Å². The normalized spacial score (nSPS) is 10.7. The summed E-state index contributed by atoms with van der Waals surface area (Å²) in [7, 11) is 0. The Morgan fingerprint density at radius 2 is 2.10 bits per heavy atom. The third-order valence-corrected chi connectivity index (χ3v) is 2.78. The molecule has 0 aliphatic rings. The Morgan fingerprint density at radius 1 is 1.35 bits per heavy atom. The first kappa shape index (κ1) is 16.2. The zero-order chi connectivity index (χ0) is 15.0. The van der Waals surface area contributed by atoms with Gasteiger partial charge in [0.1, 0.15) is 5.82 Å². The number of halogens is 2. The molecule has 4 nitrogen and oxygen atoms in total. The monoisotopic (exact) mass is 299 g/mol. The van der Waals surface area contributed by atoms with Gasteiger partial charge in [0.15, 0.2) is 0 Å². The Balaban J connectivity index is 2.32. The molecule has 0 fully saturated rings. The second-order valence-corrected chi connectivity index (χ2v) is 4.56. The predicted octanol–water partition coefficient (Wildman–Crippen LogP) is 2.86. The molecule has 1 aromatic carbocycles. The number of carbonyl (C=O) groups excluding carboxylic acids is 1. The molecule has 20 heavy (non-hydrogen) atoms. The van der Waals surface area contributed by atoms with Crippen LogP contribution in [0.15, 0.2) is 24.3 Å². The van der Waals surface area contributed by atoms with Crippen molar-refractivity contribution in [3.05, 3.63) is 40.7 Å². The van der Waals surface area contributed by atoms with Crippen LogP contribution in [0.3, 0.4) is 0 Å². The van der Waals surface area contributed by atoms with E-state index in [1.807, 2.05) is 0 Å². The largest absolute Gasteiger partial charge is 0.481 e. The minimum atomic E-state index is -0.843. The zero-order valence-corrected chi connectivity index (χ0v) is 11.5. The molecule has 108 valence electrons.